The second-order valence-electron chi connectivity index (χ2n) is 2.73. The van der Waals surface area contributed by atoms with E-state index in [4.69, 9.17) is 5.11 Å². The van der Waals surface area contributed by atoms with Crippen LogP contribution in [0.4, 0.5) is 4.39 Å². The van der Waals surface area contributed by atoms with E-state index in [1.807, 2.05) is 0 Å². The molecular weight excluding hydrogens is 169 g/mol. The maximum Gasteiger partial charge on any atom is 0.142 e. The molecule has 1 heterocycles. The maximum absolute atomic E-state index is 12.7. The Bertz CT molecular complexity index is 363. The van der Waals surface area contributed by atoms with Gasteiger partial charge in [-0.15, -0.1) is 0 Å². The van der Waals surface area contributed by atoms with Gasteiger partial charge in [0, 0.05) is 5.56 Å². The summed E-state index contributed by atoms with van der Waals surface area (Å²) < 4.78 is 12.7. The zero-order chi connectivity index (χ0) is 9.84. The van der Waals surface area contributed by atoms with Gasteiger partial charge in [-0.3, -0.25) is 4.98 Å². The molecular formula is C10H10FNO. The molecule has 68 valence electrons. The lowest BCUT2D eigenvalue weighted by atomic mass is 10.2. The first-order valence-corrected chi connectivity index (χ1v) is 3.91. The van der Waals surface area contributed by atoms with Crippen LogP contribution in [-0.4, -0.2) is 16.2 Å². The van der Waals surface area contributed by atoms with Gasteiger partial charge in [-0.05, 0) is 19.9 Å². The van der Waals surface area contributed by atoms with E-state index in [0.29, 0.717) is 11.3 Å². The van der Waals surface area contributed by atoms with E-state index < -0.39 is 11.9 Å². The number of nitrogens with zero attached hydrogens (tertiary/aromatic N) is 1. The predicted octanol–water partition coefficient (Wildman–Crippen LogP) is 1.26. The molecule has 0 saturated carbocycles. The summed E-state index contributed by atoms with van der Waals surface area (Å²) in [5, 5.41) is 8.89. The molecule has 2 nitrogen and oxygen atoms in total. The summed E-state index contributed by atoms with van der Waals surface area (Å²) in [5.74, 6) is 4.76. The zero-order valence-corrected chi connectivity index (χ0v) is 7.50. The molecule has 0 spiro atoms. The molecule has 0 aromatic carbocycles. The third-order valence-corrected chi connectivity index (χ3v) is 1.47. The van der Waals surface area contributed by atoms with Crippen LogP contribution in [0.25, 0.3) is 0 Å². The molecule has 3 heteroatoms. The molecule has 0 saturated heterocycles. The highest BCUT2D eigenvalue weighted by molar-refractivity contribution is 5.37. The van der Waals surface area contributed by atoms with Gasteiger partial charge in [0.15, 0.2) is 0 Å². The lowest BCUT2D eigenvalue weighted by Crippen LogP contribution is -1.94. The Morgan fingerprint density at radius 1 is 1.62 bits per heavy atom. The van der Waals surface area contributed by atoms with Crippen LogP contribution >= 0.6 is 0 Å². The highest BCUT2D eigenvalue weighted by Gasteiger charge is 1.97. The van der Waals surface area contributed by atoms with Crippen molar-refractivity contribution >= 4 is 0 Å². The van der Waals surface area contributed by atoms with Gasteiger partial charge in [-0.1, -0.05) is 11.8 Å². The number of aliphatic hydroxyl groups is 1. The van der Waals surface area contributed by atoms with Crippen molar-refractivity contribution < 1.29 is 9.50 Å². The molecule has 0 bridgehead atoms. The van der Waals surface area contributed by atoms with Crippen molar-refractivity contribution in [2.45, 2.75) is 20.0 Å². The van der Waals surface area contributed by atoms with Crippen LogP contribution in [0.3, 0.4) is 0 Å². The third kappa shape index (κ3) is 2.85. The Labute approximate surface area is 76.4 Å². The van der Waals surface area contributed by atoms with Crippen LogP contribution < -0.4 is 0 Å². The summed E-state index contributed by atoms with van der Waals surface area (Å²) in [6, 6.07) is 1.30. The first-order valence-electron chi connectivity index (χ1n) is 3.91. The third-order valence-electron chi connectivity index (χ3n) is 1.47. The Morgan fingerprint density at radius 2 is 2.31 bits per heavy atom. The van der Waals surface area contributed by atoms with Gasteiger partial charge in [0.1, 0.15) is 11.9 Å². The van der Waals surface area contributed by atoms with Crippen LogP contribution in [0.1, 0.15) is 18.2 Å². The van der Waals surface area contributed by atoms with Gasteiger partial charge in [-0.2, -0.15) is 0 Å². The molecule has 13 heavy (non-hydrogen) atoms. The van der Waals surface area contributed by atoms with E-state index in [1.54, 1.807) is 13.8 Å². The largest absolute Gasteiger partial charge is 0.381 e. The predicted molar refractivity (Wildman–Crippen MR) is 47.5 cm³/mol. The second kappa shape index (κ2) is 4.01. The Morgan fingerprint density at radius 3 is 2.92 bits per heavy atom. The highest BCUT2D eigenvalue weighted by Crippen LogP contribution is 2.04. The van der Waals surface area contributed by atoms with Gasteiger partial charge in [0.05, 0.1) is 11.9 Å². The molecule has 0 fully saturated rings. The lowest BCUT2D eigenvalue weighted by Gasteiger charge is -1.96. The van der Waals surface area contributed by atoms with Crippen LogP contribution in [0.15, 0.2) is 12.3 Å². The fraction of sp³-hybridized carbons (Fsp3) is 0.300. The molecule has 1 atom stereocenters. The van der Waals surface area contributed by atoms with Crippen molar-refractivity contribution in [3.63, 3.8) is 0 Å². The van der Waals surface area contributed by atoms with E-state index in [9.17, 15) is 4.39 Å². The Hall–Kier alpha value is -1.40. The molecule has 1 aromatic rings. The summed E-state index contributed by atoms with van der Waals surface area (Å²) in [6.45, 7) is 3.29. The fourth-order valence-electron chi connectivity index (χ4n) is 0.816. The van der Waals surface area contributed by atoms with Crippen LogP contribution in [-0.2, 0) is 0 Å². The van der Waals surface area contributed by atoms with Gasteiger partial charge in [0.25, 0.3) is 0 Å². The maximum atomic E-state index is 12.7. The molecule has 1 unspecified atom stereocenters. The van der Waals surface area contributed by atoms with Crippen LogP contribution in [0, 0.1) is 24.6 Å². The van der Waals surface area contributed by atoms with Crippen molar-refractivity contribution in [2.24, 2.45) is 0 Å². The SMILES string of the molecule is Cc1ncc(F)cc1C#CC(C)O. The fourth-order valence-corrected chi connectivity index (χ4v) is 0.816. The van der Waals surface area contributed by atoms with Gasteiger partial charge < -0.3 is 5.11 Å². The van der Waals surface area contributed by atoms with Crippen molar-refractivity contribution in [2.75, 3.05) is 0 Å². The number of aryl methyl sites for hydroxylation is 1. The van der Waals surface area contributed by atoms with E-state index in [1.165, 1.54) is 6.07 Å². The smallest absolute Gasteiger partial charge is 0.142 e. The topological polar surface area (TPSA) is 33.1 Å². The average molecular weight is 179 g/mol. The van der Waals surface area contributed by atoms with Gasteiger partial charge >= 0.3 is 0 Å². The number of halogens is 1. The van der Waals surface area contributed by atoms with Crippen molar-refractivity contribution in [3.8, 4) is 11.8 Å². The summed E-state index contributed by atoms with van der Waals surface area (Å²) in [6.07, 6.45) is 0.436. The molecule has 1 aromatic heterocycles. The first-order chi connectivity index (χ1) is 6.09. The monoisotopic (exact) mass is 179 g/mol. The first kappa shape index (κ1) is 9.69. The summed E-state index contributed by atoms with van der Waals surface area (Å²) >= 11 is 0. The summed E-state index contributed by atoms with van der Waals surface area (Å²) in [5.41, 5.74) is 1.18. The normalized spacial score (nSPS) is 11.7. The van der Waals surface area contributed by atoms with Gasteiger partial charge in [0.2, 0.25) is 0 Å². The molecule has 0 radical (unpaired) electrons. The minimum Gasteiger partial charge on any atom is -0.381 e. The number of pyridine rings is 1. The number of aromatic nitrogens is 1. The number of hydrogen-bond donors (Lipinski definition) is 1. The van der Waals surface area contributed by atoms with Crippen molar-refractivity contribution in [1.82, 2.24) is 4.98 Å². The quantitative estimate of drug-likeness (QED) is 0.608. The standard InChI is InChI=1S/C10H10FNO/c1-7(13)3-4-9-5-10(11)6-12-8(9)2/h5-7,13H,1-2H3. The van der Waals surface area contributed by atoms with E-state index in [2.05, 4.69) is 16.8 Å². The highest BCUT2D eigenvalue weighted by atomic mass is 19.1. The second-order valence-corrected chi connectivity index (χ2v) is 2.73. The molecule has 1 rings (SSSR count). The molecule has 1 N–H and O–H groups in total. The number of hydrogen-bond acceptors (Lipinski definition) is 2. The zero-order valence-electron chi connectivity index (χ0n) is 7.50. The number of aliphatic hydroxyl groups excluding tert-OH is 1. The van der Waals surface area contributed by atoms with Crippen LogP contribution in [0.5, 0.6) is 0 Å². The summed E-state index contributed by atoms with van der Waals surface area (Å²) in [4.78, 5) is 3.80. The van der Waals surface area contributed by atoms with E-state index in [0.717, 1.165) is 6.20 Å². The van der Waals surface area contributed by atoms with Crippen LogP contribution in [0.2, 0.25) is 0 Å². The molecule has 0 amide bonds. The van der Waals surface area contributed by atoms with E-state index in [-0.39, 0.29) is 0 Å². The molecule has 0 aliphatic heterocycles. The van der Waals surface area contributed by atoms with Gasteiger partial charge in [-0.25, -0.2) is 4.39 Å². The van der Waals surface area contributed by atoms with E-state index >= 15 is 0 Å². The molecule has 0 aliphatic carbocycles. The summed E-state index contributed by atoms with van der Waals surface area (Å²) in [7, 11) is 0. The molecule has 0 aliphatic rings. The Balaban J connectivity index is 3.02. The number of rotatable bonds is 0. The average Bonchev–Trinajstić information content (AvgIpc) is 2.06. The van der Waals surface area contributed by atoms with Crippen molar-refractivity contribution in [3.05, 3.63) is 29.3 Å². The minimum atomic E-state index is -0.706. The lowest BCUT2D eigenvalue weighted by molar-refractivity contribution is 0.253. The van der Waals surface area contributed by atoms with Crippen molar-refractivity contribution in [1.29, 1.82) is 0 Å². The minimum absolute atomic E-state index is 0.416. The Kier molecular flexibility index (Phi) is 2.99.